The molecular weight excluding hydrogens is 284 g/mol. The minimum atomic E-state index is -0.306. The van der Waals surface area contributed by atoms with Crippen molar-refractivity contribution >= 4 is 17.7 Å². The van der Waals surface area contributed by atoms with Gasteiger partial charge in [0, 0.05) is 11.1 Å². The molecule has 2 nitrogen and oxygen atoms in total. The third-order valence-electron chi connectivity index (χ3n) is 3.76. The van der Waals surface area contributed by atoms with Crippen LogP contribution in [0.2, 0.25) is 0 Å². The summed E-state index contributed by atoms with van der Waals surface area (Å²) in [5, 5.41) is 1.51. The van der Waals surface area contributed by atoms with Gasteiger partial charge < -0.3 is 4.42 Å². The summed E-state index contributed by atoms with van der Waals surface area (Å²) >= 11 is 0. The molecule has 0 saturated carbocycles. The van der Waals surface area contributed by atoms with Crippen LogP contribution in [-0.2, 0) is 0 Å². The first-order valence-corrected chi connectivity index (χ1v) is 7.82. The van der Waals surface area contributed by atoms with E-state index in [0.29, 0.717) is 11.0 Å². The number of hydrogen-bond acceptors (Lipinski definition) is 2. The summed E-state index contributed by atoms with van der Waals surface area (Å²) in [5.74, 6) is 0.612. The average molecular weight is 306 g/mol. The molecule has 1 aromatic carbocycles. The summed E-state index contributed by atoms with van der Waals surface area (Å²) in [7, 11) is 0. The van der Waals surface area contributed by atoms with Crippen molar-refractivity contribution in [1.29, 1.82) is 0 Å². The zero-order chi connectivity index (χ0) is 16.8. The van der Waals surface area contributed by atoms with E-state index < -0.39 is 0 Å². The predicted octanol–water partition coefficient (Wildman–Crippen LogP) is 3.89. The Labute approximate surface area is 136 Å². The van der Waals surface area contributed by atoms with Crippen LogP contribution in [0.1, 0.15) is 33.3 Å². The van der Waals surface area contributed by atoms with Gasteiger partial charge in [-0.1, -0.05) is 60.7 Å². The van der Waals surface area contributed by atoms with Crippen LogP contribution >= 0.6 is 0 Å². The summed E-state index contributed by atoms with van der Waals surface area (Å²) in [4.78, 5) is 12.4. The third-order valence-corrected chi connectivity index (χ3v) is 3.76. The highest BCUT2D eigenvalue weighted by molar-refractivity contribution is 5.83. The van der Waals surface area contributed by atoms with Gasteiger partial charge in [0.2, 0.25) is 0 Å². The Morgan fingerprint density at radius 1 is 0.957 bits per heavy atom. The van der Waals surface area contributed by atoms with Crippen LogP contribution in [-0.4, -0.2) is 0 Å². The SMILES string of the molecule is C/C=C\C(=C/C)c1c(-c2ccccc2)oc(=O)c(=C/C)/c1=C\C. The summed E-state index contributed by atoms with van der Waals surface area (Å²) in [6.07, 6.45) is 9.84. The van der Waals surface area contributed by atoms with Gasteiger partial charge in [-0.05, 0) is 38.5 Å². The molecule has 0 N–H and O–H groups in total. The van der Waals surface area contributed by atoms with Crippen molar-refractivity contribution in [2.24, 2.45) is 0 Å². The molecule has 0 aliphatic heterocycles. The van der Waals surface area contributed by atoms with Gasteiger partial charge in [-0.2, -0.15) is 0 Å². The number of benzene rings is 1. The fourth-order valence-corrected chi connectivity index (χ4v) is 2.72. The van der Waals surface area contributed by atoms with Crippen LogP contribution < -0.4 is 16.1 Å². The highest BCUT2D eigenvalue weighted by atomic mass is 16.4. The van der Waals surface area contributed by atoms with Crippen LogP contribution in [0.3, 0.4) is 0 Å². The number of allylic oxidation sites excluding steroid dienone is 4. The Morgan fingerprint density at radius 2 is 1.61 bits per heavy atom. The van der Waals surface area contributed by atoms with E-state index in [-0.39, 0.29) is 5.63 Å². The van der Waals surface area contributed by atoms with Gasteiger partial charge in [0.25, 0.3) is 0 Å². The van der Waals surface area contributed by atoms with Gasteiger partial charge in [0.1, 0.15) is 5.76 Å². The lowest BCUT2D eigenvalue weighted by Gasteiger charge is -2.11. The molecule has 0 amide bonds. The van der Waals surface area contributed by atoms with Gasteiger partial charge in [-0.15, -0.1) is 0 Å². The molecule has 0 bridgehead atoms. The van der Waals surface area contributed by atoms with Gasteiger partial charge in [0.15, 0.2) is 0 Å². The Balaban J connectivity index is 3.05. The van der Waals surface area contributed by atoms with Crippen molar-refractivity contribution in [1.82, 2.24) is 0 Å². The molecular formula is C21H22O2. The Kier molecular flexibility index (Phi) is 5.53. The maximum Gasteiger partial charge on any atom is 0.343 e. The molecule has 0 aliphatic rings. The van der Waals surface area contributed by atoms with Crippen molar-refractivity contribution in [3.05, 3.63) is 75.0 Å². The summed E-state index contributed by atoms with van der Waals surface area (Å²) in [6.45, 7) is 7.77. The van der Waals surface area contributed by atoms with E-state index in [1.165, 1.54) is 0 Å². The molecule has 2 aromatic rings. The van der Waals surface area contributed by atoms with Crippen molar-refractivity contribution < 1.29 is 4.42 Å². The van der Waals surface area contributed by atoms with Crippen LogP contribution in [0.5, 0.6) is 0 Å². The molecule has 2 heteroatoms. The molecule has 0 saturated heterocycles. The average Bonchev–Trinajstić information content (AvgIpc) is 2.59. The standard InChI is InChI=1S/C21H22O2/c1-5-12-15(6-2)19-17(7-3)18(8-4)21(22)23-20(19)16-13-10-9-11-14-16/h5-14H,1-4H3/b12-5-,15-6+,17-7+,18-8+. The molecule has 0 spiro atoms. The van der Waals surface area contributed by atoms with E-state index >= 15 is 0 Å². The molecule has 2 rings (SSSR count). The molecule has 0 fully saturated rings. The Morgan fingerprint density at radius 3 is 2.13 bits per heavy atom. The van der Waals surface area contributed by atoms with E-state index in [2.05, 4.69) is 0 Å². The second-order valence-electron chi connectivity index (χ2n) is 5.11. The first-order valence-electron chi connectivity index (χ1n) is 7.82. The first-order chi connectivity index (χ1) is 11.2. The minimum absolute atomic E-state index is 0.306. The molecule has 1 heterocycles. The highest BCUT2D eigenvalue weighted by Gasteiger charge is 2.14. The Bertz CT molecular complexity index is 911. The van der Waals surface area contributed by atoms with Crippen molar-refractivity contribution in [3.63, 3.8) is 0 Å². The zero-order valence-electron chi connectivity index (χ0n) is 14.1. The molecule has 1 aromatic heterocycles. The monoisotopic (exact) mass is 306 g/mol. The van der Waals surface area contributed by atoms with E-state index in [1.807, 2.05) is 88.4 Å². The topological polar surface area (TPSA) is 30.2 Å². The van der Waals surface area contributed by atoms with Gasteiger partial charge in [0.05, 0.1) is 5.22 Å². The second kappa shape index (κ2) is 7.59. The van der Waals surface area contributed by atoms with Gasteiger partial charge in [-0.3, -0.25) is 0 Å². The normalized spacial score (nSPS) is 14.0. The van der Waals surface area contributed by atoms with Crippen LogP contribution in [0, 0.1) is 0 Å². The highest BCUT2D eigenvalue weighted by Crippen LogP contribution is 2.25. The third kappa shape index (κ3) is 3.26. The molecule has 0 radical (unpaired) electrons. The van der Waals surface area contributed by atoms with Gasteiger partial charge >= 0.3 is 5.63 Å². The van der Waals surface area contributed by atoms with E-state index in [0.717, 1.165) is 21.9 Å². The largest absolute Gasteiger partial charge is 0.422 e. The van der Waals surface area contributed by atoms with Gasteiger partial charge in [-0.25, -0.2) is 4.79 Å². The smallest absolute Gasteiger partial charge is 0.343 e. The maximum atomic E-state index is 12.4. The lowest BCUT2D eigenvalue weighted by molar-refractivity contribution is 0.517. The lowest BCUT2D eigenvalue weighted by atomic mass is 9.96. The molecule has 23 heavy (non-hydrogen) atoms. The summed E-state index contributed by atoms with van der Waals surface area (Å²) in [6, 6.07) is 9.75. The van der Waals surface area contributed by atoms with E-state index in [1.54, 1.807) is 0 Å². The minimum Gasteiger partial charge on any atom is -0.422 e. The lowest BCUT2D eigenvalue weighted by Crippen LogP contribution is -2.40. The predicted molar refractivity (Wildman–Crippen MR) is 98.4 cm³/mol. The fraction of sp³-hybridized carbons (Fsp3) is 0.190. The van der Waals surface area contributed by atoms with Crippen molar-refractivity contribution in [2.45, 2.75) is 27.7 Å². The second-order valence-corrected chi connectivity index (χ2v) is 5.11. The number of hydrogen-bond donors (Lipinski definition) is 0. The van der Waals surface area contributed by atoms with Crippen LogP contribution in [0.4, 0.5) is 0 Å². The zero-order valence-corrected chi connectivity index (χ0v) is 14.1. The molecule has 0 aliphatic carbocycles. The molecule has 0 unspecified atom stereocenters. The molecule has 118 valence electrons. The van der Waals surface area contributed by atoms with Crippen molar-refractivity contribution in [3.8, 4) is 11.3 Å². The Hall–Kier alpha value is -2.61. The van der Waals surface area contributed by atoms with E-state index in [9.17, 15) is 4.79 Å². The summed E-state index contributed by atoms with van der Waals surface area (Å²) in [5.41, 5.74) is 2.58. The number of rotatable bonds is 3. The summed E-state index contributed by atoms with van der Waals surface area (Å²) < 4.78 is 5.71. The van der Waals surface area contributed by atoms with Crippen LogP contribution in [0.15, 0.2) is 57.8 Å². The quantitative estimate of drug-likeness (QED) is 0.805. The van der Waals surface area contributed by atoms with E-state index in [4.69, 9.17) is 4.42 Å². The maximum absolute atomic E-state index is 12.4. The van der Waals surface area contributed by atoms with Crippen molar-refractivity contribution in [2.75, 3.05) is 0 Å². The first kappa shape index (κ1) is 16.8. The fourth-order valence-electron chi connectivity index (χ4n) is 2.72. The molecule has 0 atom stereocenters. The van der Waals surface area contributed by atoms with Crippen LogP contribution in [0.25, 0.3) is 29.0 Å².